The monoisotopic (exact) mass is 344 g/mol. The van der Waals surface area contributed by atoms with Crippen molar-refractivity contribution >= 4 is 5.97 Å². The van der Waals surface area contributed by atoms with Crippen molar-refractivity contribution in [2.24, 2.45) is 0 Å². The van der Waals surface area contributed by atoms with Gasteiger partial charge in [0.15, 0.2) is 0 Å². The summed E-state index contributed by atoms with van der Waals surface area (Å²) in [5.41, 5.74) is 3.52. The summed E-state index contributed by atoms with van der Waals surface area (Å²) < 4.78 is 0. The van der Waals surface area contributed by atoms with Gasteiger partial charge in [-0.25, -0.2) is 0 Å². The van der Waals surface area contributed by atoms with Crippen LogP contribution in [0.15, 0.2) is 12.1 Å². The van der Waals surface area contributed by atoms with Gasteiger partial charge in [-0.2, -0.15) is 0 Å². The number of hydrogen-bond acceptors (Lipinski definition) is 2. The Kier molecular flexibility index (Phi) is 6.39. The molecule has 2 aliphatic rings. The first-order valence-corrected chi connectivity index (χ1v) is 10.2. The lowest BCUT2D eigenvalue weighted by molar-refractivity contribution is -0.137. The molecule has 0 atom stereocenters. The van der Waals surface area contributed by atoms with Gasteiger partial charge in [0.2, 0.25) is 0 Å². The molecule has 0 spiro atoms. The van der Waals surface area contributed by atoms with E-state index in [9.17, 15) is 9.90 Å². The first kappa shape index (κ1) is 18.3. The molecule has 1 aromatic carbocycles. The fourth-order valence-corrected chi connectivity index (χ4v) is 4.78. The molecule has 0 radical (unpaired) electrons. The van der Waals surface area contributed by atoms with Crippen LogP contribution in [0.25, 0.3) is 0 Å². The minimum Gasteiger partial charge on any atom is -0.507 e. The largest absolute Gasteiger partial charge is 0.507 e. The predicted octanol–water partition coefficient (Wildman–Crippen LogP) is 5.89. The highest BCUT2D eigenvalue weighted by Gasteiger charge is 2.25. The van der Waals surface area contributed by atoms with Crippen molar-refractivity contribution in [2.75, 3.05) is 0 Å². The second-order valence-electron chi connectivity index (χ2n) is 8.04. The molecule has 1 aromatic rings. The van der Waals surface area contributed by atoms with Crippen LogP contribution >= 0.6 is 0 Å². The first-order valence-electron chi connectivity index (χ1n) is 10.2. The molecule has 3 rings (SSSR count). The van der Waals surface area contributed by atoms with Crippen molar-refractivity contribution in [1.82, 2.24) is 0 Å². The van der Waals surface area contributed by atoms with E-state index in [1.54, 1.807) is 0 Å². The average molecular weight is 344 g/mol. The van der Waals surface area contributed by atoms with Crippen molar-refractivity contribution in [2.45, 2.75) is 95.3 Å². The maximum absolute atomic E-state index is 11.0. The second kappa shape index (κ2) is 8.73. The topological polar surface area (TPSA) is 57.5 Å². The van der Waals surface area contributed by atoms with Gasteiger partial charge in [-0.15, -0.1) is 0 Å². The Morgan fingerprint density at radius 2 is 1.36 bits per heavy atom. The Balaban J connectivity index is 1.87. The number of phenols is 1. The Hall–Kier alpha value is -1.51. The standard InChI is InChI=1S/C22H32O3/c23-21(24)13-7-8-16-14-19(17-9-3-1-4-10-17)22(25)20(15-16)18-11-5-2-6-12-18/h14-15,17-18,25H,1-13H2,(H,23,24). The van der Waals surface area contributed by atoms with Gasteiger partial charge in [-0.3, -0.25) is 4.79 Å². The molecule has 0 aromatic heterocycles. The summed E-state index contributed by atoms with van der Waals surface area (Å²) in [6.07, 6.45) is 14.0. The molecule has 0 saturated heterocycles. The van der Waals surface area contributed by atoms with Gasteiger partial charge in [-0.1, -0.05) is 50.7 Å². The molecule has 25 heavy (non-hydrogen) atoms. The smallest absolute Gasteiger partial charge is 0.303 e. The van der Waals surface area contributed by atoms with Crippen molar-refractivity contribution in [3.05, 3.63) is 28.8 Å². The SMILES string of the molecule is O=C(O)CCCc1cc(C2CCCCC2)c(O)c(C2CCCCC2)c1. The first-order chi connectivity index (χ1) is 12.1. The van der Waals surface area contributed by atoms with Gasteiger partial charge in [0.1, 0.15) is 5.75 Å². The number of carboxylic acid groups (broad SMARTS) is 1. The van der Waals surface area contributed by atoms with E-state index in [0.29, 0.717) is 24.0 Å². The van der Waals surface area contributed by atoms with E-state index < -0.39 is 5.97 Å². The summed E-state index contributed by atoms with van der Waals surface area (Å²) in [5, 5.41) is 19.9. The molecule has 3 nitrogen and oxygen atoms in total. The maximum Gasteiger partial charge on any atom is 0.303 e. The summed E-state index contributed by atoms with van der Waals surface area (Å²) in [6, 6.07) is 4.36. The quantitative estimate of drug-likeness (QED) is 0.676. The fourth-order valence-electron chi connectivity index (χ4n) is 4.78. The van der Waals surface area contributed by atoms with E-state index in [-0.39, 0.29) is 6.42 Å². The van der Waals surface area contributed by atoms with E-state index in [0.717, 1.165) is 17.5 Å². The zero-order chi connectivity index (χ0) is 17.6. The summed E-state index contributed by atoms with van der Waals surface area (Å²) in [5.74, 6) is 0.797. The van der Waals surface area contributed by atoms with Crippen LogP contribution in [0.5, 0.6) is 5.75 Å². The van der Waals surface area contributed by atoms with Crippen molar-refractivity contribution in [1.29, 1.82) is 0 Å². The van der Waals surface area contributed by atoms with Crippen LogP contribution in [0.2, 0.25) is 0 Å². The Morgan fingerprint density at radius 1 is 0.880 bits per heavy atom. The van der Waals surface area contributed by atoms with Crippen LogP contribution in [-0.2, 0) is 11.2 Å². The molecule has 0 heterocycles. The summed E-state index contributed by atoms with van der Waals surface area (Å²) in [6.45, 7) is 0. The third-order valence-corrected chi connectivity index (χ3v) is 6.17. The van der Waals surface area contributed by atoms with Gasteiger partial charge < -0.3 is 10.2 Å². The van der Waals surface area contributed by atoms with Crippen LogP contribution in [0, 0.1) is 0 Å². The highest BCUT2D eigenvalue weighted by atomic mass is 16.4. The number of carboxylic acids is 1. The Bertz CT molecular complexity index is 542. The van der Waals surface area contributed by atoms with E-state index in [4.69, 9.17) is 5.11 Å². The van der Waals surface area contributed by atoms with Crippen molar-refractivity contribution in [3.8, 4) is 5.75 Å². The number of benzene rings is 1. The molecular formula is C22H32O3. The number of phenolic OH excluding ortho intramolecular Hbond substituents is 1. The number of aryl methyl sites for hydroxylation is 1. The van der Waals surface area contributed by atoms with Gasteiger partial charge >= 0.3 is 5.97 Å². The lowest BCUT2D eigenvalue weighted by Crippen LogP contribution is -2.10. The van der Waals surface area contributed by atoms with Crippen LogP contribution < -0.4 is 0 Å². The van der Waals surface area contributed by atoms with Gasteiger partial charge in [0, 0.05) is 6.42 Å². The van der Waals surface area contributed by atoms with E-state index >= 15 is 0 Å². The number of hydrogen-bond donors (Lipinski definition) is 2. The Labute approximate surface area is 151 Å². The molecule has 2 saturated carbocycles. The van der Waals surface area contributed by atoms with Crippen LogP contribution in [-0.4, -0.2) is 16.2 Å². The normalized spacial score (nSPS) is 19.8. The highest BCUT2D eigenvalue weighted by molar-refractivity contribution is 5.66. The minimum atomic E-state index is -0.723. The lowest BCUT2D eigenvalue weighted by atomic mass is 9.78. The zero-order valence-corrected chi connectivity index (χ0v) is 15.3. The molecule has 0 bridgehead atoms. The average Bonchev–Trinajstić information content (AvgIpc) is 2.64. The lowest BCUT2D eigenvalue weighted by Gasteiger charge is -2.28. The highest BCUT2D eigenvalue weighted by Crippen LogP contribution is 2.44. The molecule has 2 aliphatic carbocycles. The molecule has 0 unspecified atom stereocenters. The van der Waals surface area contributed by atoms with Crippen molar-refractivity contribution < 1.29 is 15.0 Å². The molecule has 2 N–H and O–H groups in total. The van der Waals surface area contributed by atoms with Gasteiger partial charge in [0.25, 0.3) is 0 Å². The third-order valence-electron chi connectivity index (χ3n) is 6.17. The minimum absolute atomic E-state index is 0.221. The molecule has 2 fully saturated rings. The maximum atomic E-state index is 11.0. The van der Waals surface area contributed by atoms with E-state index in [1.165, 1.54) is 69.8 Å². The predicted molar refractivity (Wildman–Crippen MR) is 100 cm³/mol. The number of aliphatic carboxylic acids is 1. The summed E-state index contributed by atoms with van der Waals surface area (Å²) >= 11 is 0. The molecule has 138 valence electrons. The number of carbonyl (C=O) groups is 1. The summed E-state index contributed by atoms with van der Waals surface area (Å²) in [7, 11) is 0. The van der Waals surface area contributed by atoms with Gasteiger partial charge in [-0.05, 0) is 67.1 Å². The molecular weight excluding hydrogens is 312 g/mol. The Morgan fingerprint density at radius 3 is 1.80 bits per heavy atom. The van der Waals surface area contributed by atoms with Crippen molar-refractivity contribution in [3.63, 3.8) is 0 Å². The van der Waals surface area contributed by atoms with Crippen LogP contribution in [0.4, 0.5) is 0 Å². The number of rotatable bonds is 6. The second-order valence-corrected chi connectivity index (χ2v) is 8.04. The van der Waals surface area contributed by atoms with Crippen LogP contribution in [0.3, 0.4) is 0 Å². The molecule has 3 heteroatoms. The number of aromatic hydroxyl groups is 1. The molecule has 0 amide bonds. The van der Waals surface area contributed by atoms with E-state index in [2.05, 4.69) is 12.1 Å². The third kappa shape index (κ3) is 4.77. The van der Waals surface area contributed by atoms with Crippen LogP contribution in [0.1, 0.15) is 106 Å². The molecule has 0 aliphatic heterocycles. The van der Waals surface area contributed by atoms with E-state index in [1.807, 2.05) is 0 Å². The van der Waals surface area contributed by atoms with Gasteiger partial charge in [0.05, 0.1) is 0 Å². The fraction of sp³-hybridized carbons (Fsp3) is 0.682. The summed E-state index contributed by atoms with van der Waals surface area (Å²) in [4.78, 5) is 10.8. The zero-order valence-electron chi connectivity index (χ0n) is 15.3.